The van der Waals surface area contributed by atoms with E-state index in [0.29, 0.717) is 11.7 Å². The van der Waals surface area contributed by atoms with E-state index in [9.17, 15) is 9.59 Å². The molecule has 0 radical (unpaired) electrons. The Bertz CT molecular complexity index is 865. The third-order valence-corrected chi connectivity index (χ3v) is 5.55. The first-order valence-electron chi connectivity index (χ1n) is 9.45. The van der Waals surface area contributed by atoms with Crippen LogP contribution in [0.3, 0.4) is 0 Å². The lowest BCUT2D eigenvalue weighted by molar-refractivity contribution is -0.113. The normalized spacial score (nSPS) is 14.0. The van der Waals surface area contributed by atoms with Crippen LogP contribution in [0.15, 0.2) is 34.2 Å². The van der Waals surface area contributed by atoms with E-state index in [-0.39, 0.29) is 17.2 Å². The van der Waals surface area contributed by atoms with Crippen molar-refractivity contribution >= 4 is 23.4 Å². The van der Waals surface area contributed by atoms with Crippen LogP contribution in [0.5, 0.6) is 0 Å². The number of H-pyrrole nitrogens is 1. The van der Waals surface area contributed by atoms with Gasteiger partial charge in [-0.1, -0.05) is 43.8 Å². The van der Waals surface area contributed by atoms with Crippen molar-refractivity contribution in [2.45, 2.75) is 44.8 Å². The summed E-state index contributed by atoms with van der Waals surface area (Å²) in [5.41, 5.74) is 3.49. The number of nitrogens with zero attached hydrogens (tertiary/aromatic N) is 2. The molecule has 0 spiro atoms. The van der Waals surface area contributed by atoms with Crippen LogP contribution in [0.25, 0.3) is 0 Å². The van der Waals surface area contributed by atoms with Crippen molar-refractivity contribution in [2.24, 2.45) is 0 Å². The Labute approximate surface area is 163 Å². The topological polar surface area (TPSA) is 78.1 Å². The minimum Gasteiger partial charge on any atom is -0.325 e. The number of para-hydroxylation sites is 1. The molecule has 144 valence electrons. The quantitative estimate of drug-likeness (QED) is 0.565. The average molecular weight is 387 g/mol. The number of aromatic amines is 1. The molecule has 2 heterocycles. The Morgan fingerprint density at radius 3 is 2.93 bits per heavy atom. The molecule has 1 aromatic carbocycles. The van der Waals surface area contributed by atoms with Gasteiger partial charge < -0.3 is 10.3 Å². The lowest BCUT2D eigenvalue weighted by Crippen LogP contribution is -2.36. The second-order valence-corrected chi connectivity index (χ2v) is 7.63. The highest BCUT2D eigenvalue weighted by atomic mass is 32.2. The van der Waals surface area contributed by atoms with Crippen LogP contribution in [0.4, 0.5) is 5.69 Å². The van der Waals surface area contributed by atoms with Crippen molar-refractivity contribution in [3.63, 3.8) is 0 Å². The first-order valence-corrected chi connectivity index (χ1v) is 10.4. The molecule has 0 fully saturated rings. The van der Waals surface area contributed by atoms with Crippen LogP contribution < -0.4 is 10.9 Å². The van der Waals surface area contributed by atoms with Crippen molar-refractivity contribution in [1.29, 1.82) is 0 Å². The highest BCUT2D eigenvalue weighted by Gasteiger charge is 2.20. The zero-order valence-corrected chi connectivity index (χ0v) is 16.7. The molecule has 0 unspecified atom stereocenters. The molecular formula is C20H26N4O2S. The summed E-state index contributed by atoms with van der Waals surface area (Å²) in [6.07, 6.45) is 2.71. The van der Waals surface area contributed by atoms with Gasteiger partial charge in [0.25, 0.3) is 5.56 Å². The van der Waals surface area contributed by atoms with Gasteiger partial charge in [-0.15, -0.1) is 0 Å². The average Bonchev–Trinajstić information content (AvgIpc) is 2.67. The number of rotatable bonds is 7. The zero-order valence-electron chi connectivity index (χ0n) is 15.9. The van der Waals surface area contributed by atoms with Crippen LogP contribution in [-0.2, 0) is 24.2 Å². The van der Waals surface area contributed by atoms with Crippen molar-refractivity contribution < 1.29 is 4.79 Å². The van der Waals surface area contributed by atoms with Gasteiger partial charge in [0.1, 0.15) is 0 Å². The number of hydrogen-bond donors (Lipinski definition) is 2. The van der Waals surface area contributed by atoms with Crippen LogP contribution >= 0.6 is 11.8 Å². The fourth-order valence-corrected chi connectivity index (χ4v) is 3.98. The molecule has 7 heteroatoms. The molecule has 27 heavy (non-hydrogen) atoms. The van der Waals surface area contributed by atoms with Gasteiger partial charge in [-0.2, -0.15) is 0 Å². The van der Waals surface area contributed by atoms with Gasteiger partial charge in [0.2, 0.25) is 5.91 Å². The number of carbonyl (C=O) groups is 1. The minimum absolute atomic E-state index is 0.0833. The van der Waals surface area contributed by atoms with Crippen LogP contribution in [0.1, 0.15) is 37.1 Å². The Balaban J connectivity index is 1.62. The summed E-state index contributed by atoms with van der Waals surface area (Å²) >= 11 is 1.27. The molecule has 1 aromatic heterocycles. The van der Waals surface area contributed by atoms with Crippen molar-refractivity contribution in [2.75, 3.05) is 24.2 Å². The standard InChI is InChI=1S/C20H26N4O2S/c1-3-10-24-11-9-17-15(12-24)19(26)23-20(22-17)27-13-18(25)21-16-8-6-5-7-14(16)4-2/h5-8H,3-4,9-13H2,1-2H3,(H,21,25)(H,22,23,26). The van der Waals surface area contributed by atoms with Crippen LogP contribution in [0.2, 0.25) is 0 Å². The van der Waals surface area contributed by atoms with Crippen molar-refractivity contribution in [3.8, 4) is 0 Å². The zero-order chi connectivity index (χ0) is 19.2. The lowest BCUT2D eigenvalue weighted by Gasteiger charge is -2.27. The molecule has 1 aliphatic heterocycles. The number of anilines is 1. The Morgan fingerprint density at radius 2 is 2.15 bits per heavy atom. The van der Waals surface area contributed by atoms with Gasteiger partial charge in [0, 0.05) is 25.2 Å². The summed E-state index contributed by atoms with van der Waals surface area (Å²) in [4.78, 5) is 34.4. The Kier molecular flexibility index (Phi) is 6.68. The number of fused-ring (bicyclic) bond motifs is 1. The Hall–Kier alpha value is -2.12. The van der Waals surface area contributed by atoms with Gasteiger partial charge in [-0.25, -0.2) is 4.98 Å². The largest absolute Gasteiger partial charge is 0.325 e. The van der Waals surface area contributed by atoms with Gasteiger partial charge in [0.15, 0.2) is 5.16 Å². The monoisotopic (exact) mass is 386 g/mol. The van der Waals surface area contributed by atoms with E-state index in [1.807, 2.05) is 24.3 Å². The SMILES string of the molecule is CCCN1CCc2nc(SCC(=O)Nc3ccccc3CC)[nH]c(=O)c2C1. The smallest absolute Gasteiger partial charge is 0.256 e. The van der Waals surface area contributed by atoms with Gasteiger partial charge >= 0.3 is 0 Å². The molecular weight excluding hydrogens is 360 g/mol. The lowest BCUT2D eigenvalue weighted by atomic mass is 10.1. The molecule has 2 aromatic rings. The van der Waals surface area contributed by atoms with Crippen LogP contribution in [-0.4, -0.2) is 39.6 Å². The minimum atomic E-state index is -0.101. The molecule has 0 saturated carbocycles. The molecule has 0 aliphatic carbocycles. The molecule has 3 rings (SSSR count). The van der Waals surface area contributed by atoms with Crippen LogP contribution in [0, 0.1) is 0 Å². The number of hydrogen-bond acceptors (Lipinski definition) is 5. The van der Waals surface area contributed by atoms with Crippen molar-refractivity contribution in [1.82, 2.24) is 14.9 Å². The molecule has 6 nitrogen and oxygen atoms in total. The summed E-state index contributed by atoms with van der Waals surface area (Å²) in [7, 11) is 0. The predicted octanol–water partition coefficient (Wildman–Crippen LogP) is 2.83. The van der Waals surface area contributed by atoms with E-state index < -0.39 is 0 Å². The summed E-state index contributed by atoms with van der Waals surface area (Å²) < 4.78 is 0. The number of carbonyl (C=O) groups excluding carboxylic acids is 1. The summed E-state index contributed by atoms with van der Waals surface area (Å²) in [6, 6.07) is 7.79. The molecule has 1 amide bonds. The highest BCUT2D eigenvalue weighted by molar-refractivity contribution is 7.99. The maximum atomic E-state index is 12.4. The molecule has 0 bridgehead atoms. The van der Waals surface area contributed by atoms with E-state index in [4.69, 9.17) is 0 Å². The summed E-state index contributed by atoms with van der Waals surface area (Å²) in [5.74, 6) is 0.109. The summed E-state index contributed by atoms with van der Waals surface area (Å²) in [6.45, 7) is 6.78. The fourth-order valence-electron chi connectivity index (χ4n) is 3.30. The number of thioether (sulfide) groups is 1. The fraction of sp³-hybridized carbons (Fsp3) is 0.450. The number of nitrogens with one attached hydrogen (secondary N) is 2. The summed E-state index contributed by atoms with van der Waals surface area (Å²) in [5, 5.41) is 3.46. The van der Waals surface area contributed by atoms with E-state index in [1.165, 1.54) is 11.8 Å². The van der Waals surface area contributed by atoms with Gasteiger partial charge in [0.05, 0.1) is 17.0 Å². The van der Waals surface area contributed by atoms with E-state index in [0.717, 1.165) is 54.9 Å². The molecule has 0 saturated heterocycles. The number of aromatic nitrogens is 2. The maximum absolute atomic E-state index is 12.4. The van der Waals surface area contributed by atoms with E-state index in [2.05, 4.69) is 34.0 Å². The first-order chi connectivity index (χ1) is 13.1. The third kappa shape index (κ3) is 4.99. The van der Waals surface area contributed by atoms with E-state index in [1.54, 1.807) is 0 Å². The van der Waals surface area contributed by atoms with E-state index >= 15 is 0 Å². The first kappa shape index (κ1) is 19.6. The second-order valence-electron chi connectivity index (χ2n) is 6.67. The number of amides is 1. The second kappa shape index (κ2) is 9.19. The highest BCUT2D eigenvalue weighted by Crippen LogP contribution is 2.19. The molecule has 0 atom stereocenters. The molecule has 1 aliphatic rings. The van der Waals surface area contributed by atoms with Crippen molar-refractivity contribution in [3.05, 3.63) is 51.4 Å². The van der Waals surface area contributed by atoms with Gasteiger partial charge in [-0.3, -0.25) is 14.5 Å². The van der Waals surface area contributed by atoms with Gasteiger partial charge in [-0.05, 0) is 31.0 Å². The number of benzene rings is 1. The predicted molar refractivity (Wildman–Crippen MR) is 109 cm³/mol. The third-order valence-electron chi connectivity index (χ3n) is 4.68. The Morgan fingerprint density at radius 1 is 1.33 bits per heavy atom. The number of aryl methyl sites for hydroxylation is 1. The maximum Gasteiger partial charge on any atom is 0.256 e. The molecule has 2 N–H and O–H groups in total.